The molecule has 1 saturated carbocycles. The second-order valence-electron chi connectivity index (χ2n) is 13.6. The number of nitrogens with zero attached hydrogens (tertiary/aromatic N) is 2. The molecule has 1 fully saturated rings. The van der Waals surface area contributed by atoms with Crippen molar-refractivity contribution in [3.8, 4) is 11.1 Å². The Morgan fingerprint density at radius 2 is 1.55 bits per heavy atom. The standard InChI is InChI=1S/C39H37BN2/c1-38-23-12-13-24-39(38,2)42-36-29(27-17-8-5-9-18-27)25-28(26-15-6-4-7-16-26)35-34(36)40(32-21-14-19-30(38)37(32)42)31-20-10-11-22-33(31)41(35)3/h4-6,8-11,14-15,17-22,25H,7,12-13,16,23-24H2,1-3H3. The molecule has 2 nitrogen and oxygen atoms in total. The highest BCUT2D eigenvalue weighted by Crippen LogP contribution is 2.62. The lowest BCUT2D eigenvalue weighted by Gasteiger charge is -2.53. The Balaban J connectivity index is 1.48. The predicted molar refractivity (Wildman–Crippen MR) is 180 cm³/mol. The zero-order chi connectivity index (χ0) is 28.2. The van der Waals surface area contributed by atoms with Gasteiger partial charge in [0.2, 0.25) is 0 Å². The number of hydrogen-bond donors (Lipinski definition) is 0. The third-order valence-corrected chi connectivity index (χ3v) is 11.7. The molecule has 0 radical (unpaired) electrons. The number of rotatable bonds is 2. The molecule has 9 rings (SSSR count). The topological polar surface area (TPSA) is 6.48 Å². The van der Waals surface area contributed by atoms with Crippen LogP contribution in [0.4, 0.5) is 22.7 Å². The van der Waals surface area contributed by atoms with Crippen LogP contribution in [0.2, 0.25) is 0 Å². The van der Waals surface area contributed by atoms with E-state index in [1.807, 2.05) is 0 Å². The average Bonchev–Trinajstić information content (AvgIpc) is 3.25. The molecule has 4 aromatic carbocycles. The minimum absolute atomic E-state index is 0.0237. The fraction of sp³-hybridized carbons (Fsp3) is 0.282. The molecule has 5 aliphatic rings. The summed E-state index contributed by atoms with van der Waals surface area (Å²) in [5, 5.41) is 0. The highest BCUT2D eigenvalue weighted by molar-refractivity contribution is 7.00. The quantitative estimate of drug-likeness (QED) is 0.238. The summed E-state index contributed by atoms with van der Waals surface area (Å²) in [5.74, 6) is 0. The van der Waals surface area contributed by atoms with Crippen molar-refractivity contribution < 1.29 is 0 Å². The minimum atomic E-state index is 0.0237. The smallest absolute Gasteiger partial charge is 0.252 e. The number of allylic oxidation sites excluding steroid dienone is 4. The van der Waals surface area contributed by atoms with Crippen LogP contribution in [0.25, 0.3) is 16.7 Å². The van der Waals surface area contributed by atoms with Crippen molar-refractivity contribution in [2.24, 2.45) is 0 Å². The lowest BCUT2D eigenvalue weighted by molar-refractivity contribution is 0.195. The summed E-state index contributed by atoms with van der Waals surface area (Å²) in [4.78, 5) is 5.39. The van der Waals surface area contributed by atoms with Gasteiger partial charge in [0.05, 0.1) is 5.54 Å². The minimum Gasteiger partial charge on any atom is -0.345 e. The van der Waals surface area contributed by atoms with E-state index in [9.17, 15) is 0 Å². The van der Waals surface area contributed by atoms with E-state index in [0.29, 0.717) is 0 Å². The van der Waals surface area contributed by atoms with Crippen molar-refractivity contribution in [1.82, 2.24) is 0 Å². The molecule has 3 heterocycles. The first-order valence-corrected chi connectivity index (χ1v) is 15.9. The molecule has 0 spiro atoms. The van der Waals surface area contributed by atoms with Crippen LogP contribution >= 0.6 is 0 Å². The Morgan fingerprint density at radius 1 is 0.762 bits per heavy atom. The first-order chi connectivity index (χ1) is 20.5. The largest absolute Gasteiger partial charge is 0.345 e. The maximum Gasteiger partial charge on any atom is 0.252 e. The van der Waals surface area contributed by atoms with Crippen molar-refractivity contribution in [2.45, 2.75) is 63.3 Å². The fourth-order valence-corrected chi connectivity index (χ4v) is 9.48. The van der Waals surface area contributed by atoms with Crippen LogP contribution in [-0.2, 0) is 5.41 Å². The number of hydrogen-bond acceptors (Lipinski definition) is 2. The highest BCUT2D eigenvalue weighted by atomic mass is 15.3. The molecule has 4 aromatic rings. The van der Waals surface area contributed by atoms with E-state index in [2.05, 4.69) is 128 Å². The summed E-state index contributed by atoms with van der Waals surface area (Å²) < 4.78 is 0. The van der Waals surface area contributed by atoms with Crippen molar-refractivity contribution in [1.29, 1.82) is 0 Å². The van der Waals surface area contributed by atoms with Gasteiger partial charge in [-0.3, -0.25) is 0 Å². The highest BCUT2D eigenvalue weighted by Gasteiger charge is 2.61. The Morgan fingerprint density at radius 3 is 2.38 bits per heavy atom. The van der Waals surface area contributed by atoms with Gasteiger partial charge in [-0.15, -0.1) is 0 Å². The molecule has 2 aliphatic carbocycles. The van der Waals surface area contributed by atoms with E-state index in [1.54, 1.807) is 5.56 Å². The number of para-hydroxylation sites is 2. The number of fused-ring (bicyclic) bond motifs is 7. The Kier molecular flexibility index (Phi) is 5.00. The number of benzene rings is 4. The zero-order valence-corrected chi connectivity index (χ0v) is 25.0. The molecule has 0 aromatic heterocycles. The molecule has 42 heavy (non-hydrogen) atoms. The van der Waals surface area contributed by atoms with Crippen molar-refractivity contribution >= 4 is 51.4 Å². The van der Waals surface area contributed by atoms with Crippen LogP contribution in [-0.4, -0.2) is 19.3 Å². The van der Waals surface area contributed by atoms with Gasteiger partial charge in [-0.1, -0.05) is 105 Å². The van der Waals surface area contributed by atoms with Crippen LogP contribution in [0.1, 0.15) is 63.5 Å². The van der Waals surface area contributed by atoms with Crippen molar-refractivity contribution in [3.05, 3.63) is 108 Å². The average molecular weight is 545 g/mol. The maximum atomic E-state index is 2.87. The molecule has 0 saturated heterocycles. The second kappa shape index (κ2) is 8.54. The van der Waals surface area contributed by atoms with Crippen LogP contribution in [0.5, 0.6) is 0 Å². The van der Waals surface area contributed by atoms with Crippen LogP contribution < -0.4 is 26.2 Å². The summed E-state index contributed by atoms with van der Waals surface area (Å²) in [6.45, 7) is 5.37. The van der Waals surface area contributed by atoms with Gasteiger partial charge in [0.1, 0.15) is 0 Å². The summed E-state index contributed by atoms with van der Waals surface area (Å²) in [6.07, 6.45) is 14.2. The SMILES string of the molecule is CN1c2ccccc2B2c3cccc4c3N(c3c(-c5ccccc5)cc(C5=CC=CCC5)c1c32)C1(C)CCCCC41C. The first kappa shape index (κ1) is 24.6. The van der Waals surface area contributed by atoms with Gasteiger partial charge >= 0.3 is 0 Å². The zero-order valence-electron chi connectivity index (χ0n) is 25.0. The molecular weight excluding hydrogens is 507 g/mol. The molecular formula is C39H37BN2. The van der Waals surface area contributed by atoms with E-state index in [-0.39, 0.29) is 17.7 Å². The summed E-state index contributed by atoms with van der Waals surface area (Å²) in [6, 6.07) is 30.2. The third kappa shape index (κ3) is 2.92. The monoisotopic (exact) mass is 544 g/mol. The van der Waals surface area contributed by atoms with Crippen LogP contribution in [0, 0.1) is 0 Å². The molecule has 3 heteroatoms. The van der Waals surface area contributed by atoms with Crippen LogP contribution in [0.3, 0.4) is 0 Å². The van der Waals surface area contributed by atoms with E-state index < -0.39 is 0 Å². The predicted octanol–water partition coefficient (Wildman–Crippen LogP) is 7.74. The second-order valence-corrected chi connectivity index (χ2v) is 13.6. The van der Waals surface area contributed by atoms with Crippen molar-refractivity contribution in [3.63, 3.8) is 0 Å². The van der Waals surface area contributed by atoms with Gasteiger partial charge in [0.15, 0.2) is 0 Å². The Bertz CT molecular complexity index is 1850. The third-order valence-electron chi connectivity index (χ3n) is 11.7. The summed E-state index contributed by atoms with van der Waals surface area (Å²) in [5.41, 5.74) is 17.4. The normalized spacial score (nSPS) is 24.5. The van der Waals surface area contributed by atoms with Gasteiger partial charge < -0.3 is 9.80 Å². The number of anilines is 4. The molecule has 2 unspecified atom stereocenters. The van der Waals surface area contributed by atoms with Crippen molar-refractivity contribution in [2.75, 3.05) is 16.8 Å². The summed E-state index contributed by atoms with van der Waals surface area (Å²) >= 11 is 0. The first-order valence-electron chi connectivity index (χ1n) is 15.9. The van der Waals surface area contributed by atoms with E-state index in [0.717, 1.165) is 12.8 Å². The maximum absolute atomic E-state index is 2.87. The van der Waals surface area contributed by atoms with E-state index in [4.69, 9.17) is 0 Å². The Labute approximate surface area is 250 Å². The molecule has 0 N–H and O–H groups in total. The molecule has 0 amide bonds. The lowest BCUT2D eigenvalue weighted by atomic mass is 9.33. The molecule has 206 valence electrons. The van der Waals surface area contributed by atoms with Gasteiger partial charge in [-0.25, -0.2) is 0 Å². The van der Waals surface area contributed by atoms with Gasteiger partial charge in [-0.05, 0) is 77.8 Å². The van der Waals surface area contributed by atoms with Gasteiger partial charge in [0, 0.05) is 46.3 Å². The molecule has 0 bridgehead atoms. The van der Waals surface area contributed by atoms with Gasteiger partial charge in [0.25, 0.3) is 6.71 Å². The van der Waals surface area contributed by atoms with E-state index in [1.165, 1.54) is 87.1 Å². The fourth-order valence-electron chi connectivity index (χ4n) is 9.48. The van der Waals surface area contributed by atoms with Crippen LogP contribution in [0.15, 0.2) is 97.1 Å². The van der Waals surface area contributed by atoms with E-state index >= 15 is 0 Å². The summed E-state index contributed by atoms with van der Waals surface area (Å²) in [7, 11) is 2.30. The molecule has 3 aliphatic heterocycles. The lowest BCUT2D eigenvalue weighted by Crippen LogP contribution is -2.65. The Hall–Kier alpha value is -3.98. The molecule has 2 atom stereocenters. The van der Waals surface area contributed by atoms with Gasteiger partial charge in [-0.2, -0.15) is 0 Å².